The molecule has 0 bridgehead atoms. The van der Waals surface area contributed by atoms with Crippen LogP contribution in [0.2, 0.25) is 0 Å². The zero-order chi connectivity index (χ0) is 13.8. The molecule has 0 aliphatic rings. The Balaban J connectivity index is 2.24. The minimum atomic E-state index is -1.01. The first-order chi connectivity index (χ1) is 9.08. The van der Waals surface area contributed by atoms with Crippen molar-refractivity contribution in [2.45, 2.75) is 5.16 Å². The van der Waals surface area contributed by atoms with E-state index in [0.29, 0.717) is 10.8 Å². The summed E-state index contributed by atoms with van der Waals surface area (Å²) in [5.41, 5.74) is 5.82. The van der Waals surface area contributed by atoms with Crippen molar-refractivity contribution in [1.82, 2.24) is 20.2 Å². The number of nitrogens with zero attached hydrogens (tertiary/aromatic N) is 4. The Bertz CT molecular complexity index is 610. The van der Waals surface area contributed by atoms with Crippen LogP contribution in [-0.4, -0.2) is 42.9 Å². The number of hydrogen-bond acceptors (Lipinski definition) is 6. The lowest BCUT2D eigenvalue weighted by molar-refractivity contribution is -0.115. The normalized spacial score (nSPS) is 10.3. The number of rotatable bonds is 5. The molecule has 1 heterocycles. The quantitative estimate of drug-likeness (QED) is 0.734. The van der Waals surface area contributed by atoms with Crippen LogP contribution >= 0.6 is 11.8 Å². The summed E-state index contributed by atoms with van der Waals surface area (Å²) >= 11 is 1.10. The SMILES string of the molecule is NC(=O)CSc1nnnn1-c1ccc(C(=O)O)cc1. The molecule has 0 saturated heterocycles. The topological polar surface area (TPSA) is 124 Å². The van der Waals surface area contributed by atoms with Gasteiger partial charge in [0.15, 0.2) is 0 Å². The van der Waals surface area contributed by atoms with Crippen molar-refractivity contribution in [1.29, 1.82) is 0 Å². The summed E-state index contributed by atoms with van der Waals surface area (Å²) in [6.07, 6.45) is 0. The molecule has 0 saturated carbocycles. The summed E-state index contributed by atoms with van der Waals surface area (Å²) in [5.74, 6) is -1.42. The molecule has 3 N–H and O–H groups in total. The first-order valence-corrected chi connectivity index (χ1v) is 6.09. The number of carboxylic acid groups (broad SMARTS) is 1. The standard InChI is InChI=1S/C10H9N5O3S/c11-8(16)5-19-10-12-13-14-15(10)7-3-1-6(2-4-7)9(17)18/h1-4H,5H2,(H2,11,16)(H,17,18). The molecular weight excluding hydrogens is 270 g/mol. The maximum atomic E-state index is 10.7. The third kappa shape index (κ3) is 3.07. The Hall–Kier alpha value is -2.42. The molecule has 1 aromatic heterocycles. The number of thioether (sulfide) groups is 1. The van der Waals surface area contributed by atoms with Crippen LogP contribution in [0.3, 0.4) is 0 Å². The minimum absolute atomic E-state index is 0.0631. The van der Waals surface area contributed by atoms with Gasteiger partial charge in [0, 0.05) is 0 Å². The molecule has 2 rings (SSSR count). The third-order valence-corrected chi connectivity index (χ3v) is 3.08. The van der Waals surface area contributed by atoms with Gasteiger partial charge in [0.05, 0.1) is 17.0 Å². The van der Waals surface area contributed by atoms with E-state index < -0.39 is 11.9 Å². The molecule has 0 atom stereocenters. The monoisotopic (exact) mass is 279 g/mol. The van der Waals surface area contributed by atoms with Crippen molar-refractivity contribution < 1.29 is 14.7 Å². The van der Waals surface area contributed by atoms with Crippen LogP contribution in [0.1, 0.15) is 10.4 Å². The van der Waals surface area contributed by atoms with Crippen LogP contribution in [0.5, 0.6) is 0 Å². The number of benzene rings is 1. The highest BCUT2D eigenvalue weighted by Crippen LogP contribution is 2.18. The molecule has 9 heteroatoms. The van der Waals surface area contributed by atoms with Gasteiger partial charge in [-0.15, -0.1) is 5.10 Å². The first-order valence-electron chi connectivity index (χ1n) is 5.11. The second kappa shape index (κ2) is 5.48. The maximum Gasteiger partial charge on any atom is 0.335 e. The number of carbonyl (C=O) groups excluding carboxylic acids is 1. The molecule has 0 unspecified atom stereocenters. The van der Waals surface area contributed by atoms with E-state index in [1.54, 1.807) is 12.1 Å². The van der Waals surface area contributed by atoms with Gasteiger partial charge in [-0.25, -0.2) is 4.79 Å². The van der Waals surface area contributed by atoms with Gasteiger partial charge in [-0.2, -0.15) is 4.68 Å². The Morgan fingerprint density at radius 3 is 2.58 bits per heavy atom. The number of amides is 1. The van der Waals surface area contributed by atoms with Crippen molar-refractivity contribution in [3.05, 3.63) is 29.8 Å². The molecule has 0 aliphatic heterocycles. The maximum absolute atomic E-state index is 10.7. The molecule has 1 aromatic carbocycles. The van der Waals surface area contributed by atoms with Crippen LogP contribution in [0.4, 0.5) is 0 Å². The fourth-order valence-electron chi connectivity index (χ4n) is 1.31. The summed E-state index contributed by atoms with van der Waals surface area (Å²) in [6.45, 7) is 0. The smallest absolute Gasteiger partial charge is 0.335 e. The van der Waals surface area contributed by atoms with Gasteiger partial charge in [-0.3, -0.25) is 4.79 Å². The van der Waals surface area contributed by atoms with Gasteiger partial charge >= 0.3 is 5.97 Å². The molecular formula is C10H9N5O3S. The molecule has 2 aromatic rings. The number of primary amides is 1. The van der Waals surface area contributed by atoms with E-state index in [4.69, 9.17) is 10.8 Å². The molecule has 0 fully saturated rings. The second-order valence-corrected chi connectivity index (χ2v) is 4.42. The molecule has 0 spiro atoms. The lowest BCUT2D eigenvalue weighted by atomic mass is 10.2. The molecule has 0 radical (unpaired) electrons. The van der Waals surface area contributed by atoms with Crippen molar-refractivity contribution in [3.63, 3.8) is 0 Å². The Morgan fingerprint density at radius 2 is 2.00 bits per heavy atom. The van der Waals surface area contributed by atoms with Crippen molar-refractivity contribution >= 4 is 23.6 Å². The molecule has 8 nitrogen and oxygen atoms in total. The zero-order valence-corrected chi connectivity index (χ0v) is 10.4. The Labute approximate surface area is 111 Å². The van der Waals surface area contributed by atoms with Crippen molar-refractivity contribution in [2.75, 3.05) is 5.75 Å². The highest BCUT2D eigenvalue weighted by Gasteiger charge is 2.11. The minimum Gasteiger partial charge on any atom is -0.478 e. The molecule has 19 heavy (non-hydrogen) atoms. The van der Waals surface area contributed by atoms with Crippen LogP contribution in [0, 0.1) is 0 Å². The average Bonchev–Trinajstić information content (AvgIpc) is 2.84. The Kier molecular flexibility index (Phi) is 3.76. The number of nitrogens with two attached hydrogens (primary N) is 1. The van der Waals surface area contributed by atoms with E-state index in [1.165, 1.54) is 16.8 Å². The summed E-state index contributed by atoms with van der Waals surface area (Å²) in [4.78, 5) is 21.5. The van der Waals surface area contributed by atoms with Gasteiger partial charge in [-0.1, -0.05) is 11.8 Å². The van der Waals surface area contributed by atoms with Crippen molar-refractivity contribution in [3.8, 4) is 5.69 Å². The fourth-order valence-corrected chi connectivity index (χ4v) is 1.94. The predicted octanol–water partition coefficient (Wildman–Crippen LogP) is -0.0621. The zero-order valence-electron chi connectivity index (χ0n) is 9.55. The van der Waals surface area contributed by atoms with E-state index >= 15 is 0 Å². The summed E-state index contributed by atoms with van der Waals surface area (Å²) in [7, 11) is 0. The van der Waals surface area contributed by atoms with E-state index in [-0.39, 0.29) is 11.3 Å². The van der Waals surface area contributed by atoms with Crippen LogP contribution < -0.4 is 5.73 Å². The number of aromatic nitrogens is 4. The van der Waals surface area contributed by atoms with Gasteiger partial charge in [0.2, 0.25) is 11.1 Å². The Morgan fingerprint density at radius 1 is 1.32 bits per heavy atom. The average molecular weight is 279 g/mol. The van der Waals surface area contributed by atoms with Crippen LogP contribution in [0.25, 0.3) is 5.69 Å². The number of carboxylic acids is 1. The predicted molar refractivity (Wildman–Crippen MR) is 66.0 cm³/mol. The largest absolute Gasteiger partial charge is 0.478 e. The highest BCUT2D eigenvalue weighted by atomic mass is 32.2. The van der Waals surface area contributed by atoms with Crippen LogP contribution in [-0.2, 0) is 4.79 Å². The van der Waals surface area contributed by atoms with Gasteiger partial charge in [0.25, 0.3) is 0 Å². The number of carbonyl (C=O) groups is 2. The summed E-state index contributed by atoms with van der Waals surface area (Å²) in [5, 5.41) is 20.3. The fraction of sp³-hybridized carbons (Fsp3) is 0.100. The molecule has 0 aliphatic carbocycles. The van der Waals surface area contributed by atoms with E-state index in [1.807, 2.05) is 0 Å². The summed E-state index contributed by atoms with van der Waals surface area (Å²) in [6, 6.07) is 6.05. The van der Waals surface area contributed by atoms with E-state index in [2.05, 4.69) is 15.5 Å². The first kappa shape index (κ1) is 13.0. The lowest BCUT2D eigenvalue weighted by Gasteiger charge is -2.03. The third-order valence-electron chi connectivity index (χ3n) is 2.14. The second-order valence-electron chi connectivity index (χ2n) is 3.48. The number of tetrazole rings is 1. The number of aromatic carboxylic acids is 1. The molecule has 1 amide bonds. The van der Waals surface area contributed by atoms with E-state index in [0.717, 1.165) is 11.8 Å². The lowest BCUT2D eigenvalue weighted by Crippen LogP contribution is -2.13. The highest BCUT2D eigenvalue weighted by molar-refractivity contribution is 7.99. The van der Waals surface area contributed by atoms with Gasteiger partial charge in [0.1, 0.15) is 0 Å². The molecule has 98 valence electrons. The number of hydrogen-bond donors (Lipinski definition) is 2. The van der Waals surface area contributed by atoms with Gasteiger partial charge in [-0.05, 0) is 34.7 Å². The van der Waals surface area contributed by atoms with Gasteiger partial charge < -0.3 is 10.8 Å². The van der Waals surface area contributed by atoms with E-state index in [9.17, 15) is 9.59 Å². The van der Waals surface area contributed by atoms with Crippen molar-refractivity contribution in [2.24, 2.45) is 5.73 Å². The van der Waals surface area contributed by atoms with Crippen LogP contribution in [0.15, 0.2) is 29.4 Å². The summed E-state index contributed by atoms with van der Waals surface area (Å²) < 4.78 is 1.40.